The van der Waals surface area contributed by atoms with Crippen LogP contribution < -0.4 is 0 Å². The highest BCUT2D eigenvalue weighted by Crippen LogP contribution is 2.36. The highest BCUT2D eigenvalue weighted by atomic mass is 14.1. The molecule has 0 saturated carbocycles. The molecule has 0 aromatic heterocycles. The minimum absolute atomic E-state index is 1.29. The van der Waals surface area contributed by atoms with Crippen molar-refractivity contribution in [1.82, 2.24) is 0 Å². The van der Waals surface area contributed by atoms with E-state index in [1.165, 1.54) is 43.8 Å². The highest BCUT2D eigenvalue weighted by molar-refractivity contribution is 6.06. The van der Waals surface area contributed by atoms with Crippen LogP contribution in [0.4, 0.5) is 0 Å². The van der Waals surface area contributed by atoms with Gasteiger partial charge in [-0.2, -0.15) is 0 Å². The topological polar surface area (TPSA) is 0 Å². The number of benzene rings is 4. The summed E-state index contributed by atoms with van der Waals surface area (Å²) in [6.45, 7) is 4.35. The van der Waals surface area contributed by atoms with Crippen molar-refractivity contribution >= 4 is 21.5 Å². The first-order chi connectivity index (χ1) is 10.7. The summed E-state index contributed by atoms with van der Waals surface area (Å²) in [5.41, 5.74) is 5.31. The minimum atomic E-state index is 1.29. The molecule has 0 bridgehead atoms. The molecule has 0 N–H and O–H groups in total. The summed E-state index contributed by atoms with van der Waals surface area (Å²) in [6, 6.07) is 26.4. The lowest BCUT2D eigenvalue weighted by Crippen LogP contribution is -1.88. The van der Waals surface area contributed by atoms with E-state index in [1.54, 1.807) is 0 Å². The zero-order chi connectivity index (χ0) is 15.1. The molecule has 4 rings (SSSR count). The predicted octanol–water partition coefficient (Wildman–Crippen LogP) is 6.28. The van der Waals surface area contributed by atoms with Crippen LogP contribution in [0, 0.1) is 13.8 Å². The maximum atomic E-state index is 2.27. The van der Waals surface area contributed by atoms with E-state index < -0.39 is 0 Å². The van der Waals surface area contributed by atoms with Crippen LogP contribution in [0.2, 0.25) is 0 Å². The third kappa shape index (κ3) is 2.00. The van der Waals surface area contributed by atoms with E-state index in [0.29, 0.717) is 0 Å². The predicted molar refractivity (Wildman–Crippen MR) is 96.4 cm³/mol. The summed E-state index contributed by atoms with van der Waals surface area (Å²) in [6.07, 6.45) is 0. The maximum absolute atomic E-state index is 2.27. The first kappa shape index (κ1) is 13.1. The zero-order valence-corrected chi connectivity index (χ0v) is 12.9. The van der Waals surface area contributed by atoms with E-state index in [-0.39, 0.29) is 0 Å². The summed E-state index contributed by atoms with van der Waals surface area (Å²) < 4.78 is 0. The molecule has 4 aromatic rings. The smallest absolute Gasteiger partial charge is 0.00699 e. The molecule has 0 aliphatic rings. The second-order valence-corrected chi connectivity index (χ2v) is 6.01. The molecule has 0 spiro atoms. The van der Waals surface area contributed by atoms with Gasteiger partial charge in [-0.3, -0.25) is 0 Å². The van der Waals surface area contributed by atoms with E-state index in [2.05, 4.69) is 86.6 Å². The van der Waals surface area contributed by atoms with Crippen LogP contribution in [0.5, 0.6) is 0 Å². The van der Waals surface area contributed by atoms with E-state index in [9.17, 15) is 0 Å². The van der Waals surface area contributed by atoms with Gasteiger partial charge >= 0.3 is 0 Å². The van der Waals surface area contributed by atoms with Crippen molar-refractivity contribution < 1.29 is 0 Å². The maximum Gasteiger partial charge on any atom is -0.00699 e. The Kier molecular flexibility index (Phi) is 2.97. The molecule has 0 nitrogen and oxygen atoms in total. The van der Waals surface area contributed by atoms with E-state index in [1.807, 2.05) is 0 Å². The van der Waals surface area contributed by atoms with Crippen molar-refractivity contribution in [3.63, 3.8) is 0 Å². The van der Waals surface area contributed by atoms with Crippen LogP contribution in [0.1, 0.15) is 11.1 Å². The van der Waals surface area contributed by atoms with Crippen LogP contribution in [0.3, 0.4) is 0 Å². The van der Waals surface area contributed by atoms with Crippen LogP contribution in [-0.2, 0) is 0 Å². The minimum Gasteiger partial charge on any atom is -0.0616 e. The van der Waals surface area contributed by atoms with Crippen molar-refractivity contribution in [1.29, 1.82) is 0 Å². The summed E-state index contributed by atoms with van der Waals surface area (Å²) in [5, 5.41) is 5.26. The molecule has 0 aliphatic carbocycles. The van der Waals surface area contributed by atoms with Gasteiger partial charge in [-0.25, -0.2) is 0 Å². The van der Waals surface area contributed by atoms with Crippen molar-refractivity contribution in [3.05, 3.63) is 83.9 Å². The molecule has 0 atom stereocenters. The third-order valence-corrected chi connectivity index (χ3v) is 4.44. The Balaban J connectivity index is 2.14. The molecular formula is C22H18. The van der Waals surface area contributed by atoms with Gasteiger partial charge in [0.1, 0.15) is 0 Å². The Labute approximate surface area is 131 Å². The first-order valence-electron chi connectivity index (χ1n) is 7.72. The molecular weight excluding hydrogens is 264 g/mol. The quantitative estimate of drug-likeness (QED) is 0.385. The standard InChI is InChI=1S/C22H18/c1-15-10-13-20-18(14-15)12-11-16(2)22(20)21-9-5-7-17-6-3-4-8-19(17)21/h3-14H,1-2H3. The van der Waals surface area contributed by atoms with Crippen LogP contribution >= 0.6 is 0 Å². The SMILES string of the molecule is Cc1ccc2c(-c3cccc4ccccc34)c(C)ccc2c1. The molecule has 0 heteroatoms. The Morgan fingerprint density at radius 2 is 1.41 bits per heavy atom. The number of hydrogen-bond acceptors (Lipinski definition) is 0. The van der Waals surface area contributed by atoms with E-state index in [4.69, 9.17) is 0 Å². The fraction of sp³-hybridized carbons (Fsp3) is 0.0909. The second kappa shape index (κ2) is 4.99. The number of rotatable bonds is 1. The van der Waals surface area contributed by atoms with Crippen LogP contribution in [0.15, 0.2) is 72.8 Å². The molecule has 0 heterocycles. The number of hydrogen-bond donors (Lipinski definition) is 0. The van der Waals surface area contributed by atoms with E-state index >= 15 is 0 Å². The van der Waals surface area contributed by atoms with Gasteiger partial charge in [-0.05, 0) is 52.1 Å². The average molecular weight is 282 g/mol. The normalized spacial score (nSPS) is 11.2. The monoisotopic (exact) mass is 282 g/mol. The molecule has 0 unspecified atom stereocenters. The summed E-state index contributed by atoms with van der Waals surface area (Å²) in [4.78, 5) is 0. The molecule has 0 fully saturated rings. The molecule has 22 heavy (non-hydrogen) atoms. The van der Waals surface area contributed by atoms with Gasteiger partial charge in [0.05, 0.1) is 0 Å². The Hall–Kier alpha value is -2.60. The van der Waals surface area contributed by atoms with Gasteiger partial charge in [-0.1, -0.05) is 78.4 Å². The van der Waals surface area contributed by atoms with Gasteiger partial charge in [-0.15, -0.1) is 0 Å². The van der Waals surface area contributed by atoms with Crippen molar-refractivity contribution in [2.45, 2.75) is 13.8 Å². The van der Waals surface area contributed by atoms with Crippen LogP contribution in [0.25, 0.3) is 32.7 Å². The van der Waals surface area contributed by atoms with Gasteiger partial charge in [0.25, 0.3) is 0 Å². The average Bonchev–Trinajstić information content (AvgIpc) is 2.55. The van der Waals surface area contributed by atoms with Crippen molar-refractivity contribution in [2.24, 2.45) is 0 Å². The van der Waals surface area contributed by atoms with Gasteiger partial charge in [0.2, 0.25) is 0 Å². The van der Waals surface area contributed by atoms with Gasteiger partial charge in [0, 0.05) is 0 Å². The molecule has 0 saturated heterocycles. The summed E-state index contributed by atoms with van der Waals surface area (Å²) in [5.74, 6) is 0. The van der Waals surface area contributed by atoms with Crippen molar-refractivity contribution in [2.75, 3.05) is 0 Å². The Bertz CT molecular complexity index is 988. The lowest BCUT2D eigenvalue weighted by molar-refractivity contribution is 1.47. The number of fused-ring (bicyclic) bond motifs is 2. The molecule has 0 radical (unpaired) electrons. The Morgan fingerprint density at radius 3 is 2.32 bits per heavy atom. The first-order valence-corrected chi connectivity index (χ1v) is 7.72. The second-order valence-electron chi connectivity index (χ2n) is 6.01. The molecule has 106 valence electrons. The van der Waals surface area contributed by atoms with Crippen molar-refractivity contribution in [3.8, 4) is 11.1 Å². The lowest BCUT2D eigenvalue weighted by atomic mass is 9.90. The third-order valence-electron chi connectivity index (χ3n) is 4.44. The molecule has 4 aromatic carbocycles. The van der Waals surface area contributed by atoms with E-state index in [0.717, 1.165) is 0 Å². The highest BCUT2D eigenvalue weighted by Gasteiger charge is 2.10. The Morgan fingerprint density at radius 1 is 0.591 bits per heavy atom. The zero-order valence-electron chi connectivity index (χ0n) is 12.9. The largest absolute Gasteiger partial charge is 0.0616 e. The lowest BCUT2D eigenvalue weighted by Gasteiger charge is -2.14. The number of aryl methyl sites for hydroxylation is 2. The van der Waals surface area contributed by atoms with Gasteiger partial charge < -0.3 is 0 Å². The summed E-state index contributed by atoms with van der Waals surface area (Å²) in [7, 11) is 0. The fourth-order valence-electron chi connectivity index (χ4n) is 3.36. The molecule has 0 amide bonds. The molecule has 0 aliphatic heterocycles. The summed E-state index contributed by atoms with van der Waals surface area (Å²) >= 11 is 0. The van der Waals surface area contributed by atoms with Gasteiger partial charge in [0.15, 0.2) is 0 Å². The fourth-order valence-corrected chi connectivity index (χ4v) is 3.36. The van der Waals surface area contributed by atoms with Crippen LogP contribution in [-0.4, -0.2) is 0 Å².